The Bertz CT molecular complexity index is 1190. The first-order valence-corrected chi connectivity index (χ1v) is 9.37. The van der Waals surface area contributed by atoms with E-state index in [0.717, 1.165) is 12.8 Å². The molecule has 0 unspecified atom stereocenters. The number of halogens is 1. The topological polar surface area (TPSA) is 101 Å². The van der Waals surface area contributed by atoms with Crippen LogP contribution in [0.2, 0.25) is 0 Å². The average Bonchev–Trinajstić information content (AvgIpc) is 3.42. The van der Waals surface area contributed by atoms with Gasteiger partial charge in [-0.1, -0.05) is 17.3 Å². The molecule has 0 radical (unpaired) electrons. The number of nitrogens with zero attached hydrogens (tertiary/aromatic N) is 5. The van der Waals surface area contributed by atoms with Gasteiger partial charge in [0.15, 0.2) is 0 Å². The van der Waals surface area contributed by atoms with Crippen LogP contribution in [0.1, 0.15) is 35.0 Å². The number of piperidine rings is 1. The van der Waals surface area contributed by atoms with Crippen molar-refractivity contribution in [1.82, 2.24) is 30.5 Å². The zero-order valence-electron chi connectivity index (χ0n) is 15.4. The summed E-state index contributed by atoms with van der Waals surface area (Å²) in [6.45, 7) is 1.15. The van der Waals surface area contributed by atoms with Gasteiger partial charge in [-0.15, -0.1) is 0 Å². The first kappa shape index (κ1) is 17.5. The summed E-state index contributed by atoms with van der Waals surface area (Å²) < 4.78 is 18.9. The predicted molar refractivity (Wildman–Crippen MR) is 101 cm³/mol. The van der Waals surface area contributed by atoms with E-state index < -0.39 is 0 Å². The molecule has 146 valence electrons. The molecule has 1 atom stereocenters. The lowest BCUT2D eigenvalue weighted by molar-refractivity contribution is 0.0696. The smallest absolute Gasteiger partial charge is 0.253 e. The quantitative estimate of drug-likeness (QED) is 0.575. The second-order valence-corrected chi connectivity index (χ2v) is 7.08. The molecular formula is C20H17FN6O2. The molecule has 1 aliphatic heterocycles. The van der Waals surface area contributed by atoms with E-state index in [1.807, 2.05) is 0 Å². The third-order valence-electron chi connectivity index (χ3n) is 5.15. The minimum atomic E-state index is -0.354. The van der Waals surface area contributed by atoms with Gasteiger partial charge in [0.05, 0.1) is 5.92 Å². The van der Waals surface area contributed by atoms with Gasteiger partial charge in [-0.05, 0) is 43.2 Å². The molecule has 1 fully saturated rings. The molecule has 29 heavy (non-hydrogen) atoms. The van der Waals surface area contributed by atoms with Crippen LogP contribution in [0.15, 0.2) is 47.0 Å². The van der Waals surface area contributed by atoms with Gasteiger partial charge in [-0.2, -0.15) is 20.4 Å². The van der Waals surface area contributed by atoms with Crippen LogP contribution in [-0.2, 0) is 0 Å². The molecule has 1 saturated heterocycles. The summed E-state index contributed by atoms with van der Waals surface area (Å²) in [6, 6.07) is 11.3. The van der Waals surface area contributed by atoms with E-state index in [1.54, 1.807) is 35.2 Å². The van der Waals surface area contributed by atoms with E-state index >= 15 is 0 Å². The number of likely N-dealkylation sites (tertiary alicyclic amines) is 1. The molecule has 2 aromatic carbocycles. The normalized spacial score (nSPS) is 17.0. The molecule has 8 nitrogen and oxygen atoms in total. The summed E-state index contributed by atoms with van der Waals surface area (Å²) in [7, 11) is 0. The standard InChI is InChI=1S/C20H17FN6O2/c21-15-5-1-3-12(9-15)18-22-19(29-25-18)14-4-2-8-27(11-14)20(28)13-6-7-16-17(10-13)24-26-23-16/h1,3,5-7,9-10,14H,2,4,8,11H2,(H,23,24,26)/t14-/m1/s1. The van der Waals surface area contributed by atoms with Crippen LogP contribution in [-0.4, -0.2) is 49.4 Å². The highest BCUT2D eigenvalue weighted by molar-refractivity contribution is 5.97. The maximum Gasteiger partial charge on any atom is 0.253 e. The largest absolute Gasteiger partial charge is 0.339 e. The van der Waals surface area contributed by atoms with Gasteiger partial charge in [0.1, 0.15) is 16.9 Å². The van der Waals surface area contributed by atoms with E-state index in [2.05, 4.69) is 25.6 Å². The van der Waals surface area contributed by atoms with Crippen molar-refractivity contribution in [2.24, 2.45) is 0 Å². The molecule has 0 aliphatic carbocycles. The number of carbonyl (C=O) groups is 1. The predicted octanol–water partition coefficient (Wildman–Crippen LogP) is 3.17. The zero-order chi connectivity index (χ0) is 19.8. The maximum atomic E-state index is 13.5. The summed E-state index contributed by atoms with van der Waals surface area (Å²) >= 11 is 0. The number of benzene rings is 2. The van der Waals surface area contributed by atoms with E-state index in [-0.39, 0.29) is 17.6 Å². The number of H-pyrrole nitrogens is 1. The second-order valence-electron chi connectivity index (χ2n) is 7.08. The minimum absolute atomic E-state index is 0.0571. The number of hydrogen-bond donors (Lipinski definition) is 1. The van der Waals surface area contributed by atoms with Crippen molar-refractivity contribution in [1.29, 1.82) is 0 Å². The minimum Gasteiger partial charge on any atom is -0.339 e. The van der Waals surface area contributed by atoms with Crippen molar-refractivity contribution < 1.29 is 13.7 Å². The van der Waals surface area contributed by atoms with Crippen LogP contribution >= 0.6 is 0 Å². The summed E-state index contributed by atoms with van der Waals surface area (Å²) in [6.07, 6.45) is 1.68. The van der Waals surface area contributed by atoms with Gasteiger partial charge in [-0.3, -0.25) is 4.79 Å². The highest BCUT2D eigenvalue weighted by Gasteiger charge is 2.29. The van der Waals surface area contributed by atoms with Crippen LogP contribution in [0.4, 0.5) is 4.39 Å². The van der Waals surface area contributed by atoms with E-state index in [4.69, 9.17) is 4.52 Å². The molecule has 1 amide bonds. The summed E-state index contributed by atoms with van der Waals surface area (Å²) in [5.41, 5.74) is 2.50. The number of hydrogen-bond acceptors (Lipinski definition) is 6. The Morgan fingerprint density at radius 3 is 2.97 bits per heavy atom. The number of nitrogens with one attached hydrogen (secondary N) is 1. The van der Waals surface area contributed by atoms with Crippen molar-refractivity contribution in [2.75, 3.05) is 13.1 Å². The Hall–Kier alpha value is -3.62. The Balaban J connectivity index is 1.34. The van der Waals surface area contributed by atoms with Crippen LogP contribution in [0, 0.1) is 5.82 Å². The van der Waals surface area contributed by atoms with Crippen molar-refractivity contribution in [2.45, 2.75) is 18.8 Å². The van der Waals surface area contributed by atoms with Crippen LogP contribution in [0.5, 0.6) is 0 Å². The first-order chi connectivity index (χ1) is 14.2. The summed E-state index contributed by atoms with van der Waals surface area (Å²) in [5.74, 6) is 0.336. The van der Waals surface area contributed by atoms with Gasteiger partial charge in [0, 0.05) is 24.2 Å². The maximum absolute atomic E-state index is 13.5. The Morgan fingerprint density at radius 1 is 1.17 bits per heavy atom. The molecular weight excluding hydrogens is 375 g/mol. The van der Waals surface area contributed by atoms with Crippen molar-refractivity contribution in [3.05, 3.63) is 59.7 Å². The highest BCUT2D eigenvalue weighted by atomic mass is 19.1. The van der Waals surface area contributed by atoms with Gasteiger partial charge in [0.25, 0.3) is 5.91 Å². The zero-order valence-corrected chi connectivity index (χ0v) is 15.4. The second kappa shape index (κ2) is 7.08. The third-order valence-corrected chi connectivity index (χ3v) is 5.15. The highest BCUT2D eigenvalue weighted by Crippen LogP contribution is 2.28. The van der Waals surface area contributed by atoms with Gasteiger partial charge in [-0.25, -0.2) is 4.39 Å². The van der Waals surface area contributed by atoms with Gasteiger partial charge >= 0.3 is 0 Å². The van der Waals surface area contributed by atoms with Crippen molar-refractivity contribution in [3.8, 4) is 11.4 Å². The van der Waals surface area contributed by atoms with Crippen molar-refractivity contribution in [3.63, 3.8) is 0 Å². The van der Waals surface area contributed by atoms with E-state index in [1.165, 1.54) is 12.1 Å². The number of carbonyl (C=O) groups excluding carboxylic acids is 1. The molecule has 4 aromatic rings. The molecule has 2 aromatic heterocycles. The van der Waals surface area contributed by atoms with Gasteiger partial charge in [0.2, 0.25) is 11.7 Å². The monoisotopic (exact) mass is 392 g/mol. The molecule has 1 N–H and O–H groups in total. The molecule has 3 heterocycles. The molecule has 0 spiro atoms. The lowest BCUT2D eigenvalue weighted by Gasteiger charge is -2.31. The molecule has 0 saturated carbocycles. The average molecular weight is 392 g/mol. The fraction of sp³-hybridized carbons (Fsp3) is 0.250. The Kier molecular flexibility index (Phi) is 4.27. The third kappa shape index (κ3) is 3.35. The molecule has 1 aliphatic rings. The summed E-state index contributed by atoms with van der Waals surface area (Å²) in [4.78, 5) is 19.2. The molecule has 9 heteroatoms. The molecule has 5 rings (SSSR count). The fourth-order valence-corrected chi connectivity index (χ4v) is 3.66. The lowest BCUT2D eigenvalue weighted by Crippen LogP contribution is -2.39. The number of aromatic amines is 1. The number of aromatic nitrogens is 5. The van der Waals surface area contributed by atoms with Crippen molar-refractivity contribution >= 4 is 16.9 Å². The van der Waals surface area contributed by atoms with E-state index in [9.17, 15) is 9.18 Å². The van der Waals surface area contributed by atoms with Crippen LogP contribution in [0.3, 0.4) is 0 Å². The molecule has 0 bridgehead atoms. The lowest BCUT2D eigenvalue weighted by atomic mass is 9.97. The van der Waals surface area contributed by atoms with Crippen LogP contribution in [0.25, 0.3) is 22.4 Å². The number of fused-ring (bicyclic) bond motifs is 1. The SMILES string of the molecule is O=C(c1ccc2n[nH]nc2c1)N1CCC[C@@H](c2nc(-c3cccc(F)c3)no2)C1. The van der Waals surface area contributed by atoms with E-state index in [0.29, 0.717) is 47.0 Å². The Labute approximate surface area is 164 Å². The first-order valence-electron chi connectivity index (χ1n) is 9.37. The number of rotatable bonds is 3. The Morgan fingerprint density at radius 2 is 2.07 bits per heavy atom. The van der Waals surface area contributed by atoms with Gasteiger partial charge < -0.3 is 9.42 Å². The van der Waals surface area contributed by atoms with Crippen LogP contribution < -0.4 is 0 Å². The fourth-order valence-electron chi connectivity index (χ4n) is 3.66. The number of amides is 1. The summed E-state index contributed by atoms with van der Waals surface area (Å²) in [5, 5.41) is 14.6.